The van der Waals surface area contributed by atoms with E-state index in [2.05, 4.69) is 12.2 Å². The molecular weight excluding hydrogens is 243 g/mol. The highest BCUT2D eigenvalue weighted by atomic mass is 19.1. The Labute approximate surface area is 114 Å². The van der Waals surface area contributed by atoms with Crippen molar-refractivity contribution < 1.29 is 9.13 Å². The Morgan fingerprint density at radius 2 is 2.21 bits per heavy atom. The SMILES string of the molecule is CCCOc1cc(NC2CCCC2C)c(N)cc1F. The number of ether oxygens (including phenoxy) is 1. The molecule has 0 amide bonds. The number of nitrogen functional groups attached to an aromatic ring is 1. The van der Waals surface area contributed by atoms with Gasteiger partial charge in [0.05, 0.1) is 18.0 Å². The van der Waals surface area contributed by atoms with Crippen molar-refractivity contribution in [3.05, 3.63) is 17.9 Å². The highest BCUT2D eigenvalue weighted by molar-refractivity contribution is 5.69. The third kappa shape index (κ3) is 3.31. The Balaban J connectivity index is 2.14. The summed E-state index contributed by atoms with van der Waals surface area (Å²) in [7, 11) is 0. The molecule has 1 aromatic carbocycles. The average Bonchev–Trinajstić information content (AvgIpc) is 2.77. The minimum atomic E-state index is -0.393. The van der Waals surface area contributed by atoms with Crippen LogP contribution < -0.4 is 15.8 Å². The Bertz CT molecular complexity index is 436. The molecule has 19 heavy (non-hydrogen) atoms. The molecule has 1 fully saturated rings. The quantitative estimate of drug-likeness (QED) is 0.797. The van der Waals surface area contributed by atoms with E-state index in [1.165, 1.54) is 18.9 Å². The molecule has 0 radical (unpaired) electrons. The Morgan fingerprint density at radius 1 is 1.42 bits per heavy atom. The topological polar surface area (TPSA) is 47.3 Å². The molecule has 2 atom stereocenters. The van der Waals surface area contributed by atoms with Crippen molar-refractivity contribution in [2.45, 2.75) is 45.6 Å². The van der Waals surface area contributed by atoms with Crippen molar-refractivity contribution in [1.82, 2.24) is 0 Å². The standard InChI is InChI=1S/C15H23FN2O/c1-3-7-19-15-9-14(12(17)8-11(15)16)18-13-6-4-5-10(13)2/h8-10,13,18H,3-7,17H2,1-2H3. The van der Waals surface area contributed by atoms with Gasteiger partial charge in [-0.1, -0.05) is 20.3 Å². The fourth-order valence-electron chi connectivity index (χ4n) is 2.58. The van der Waals surface area contributed by atoms with Crippen LogP contribution in [0.3, 0.4) is 0 Å². The average molecular weight is 266 g/mol. The van der Waals surface area contributed by atoms with Gasteiger partial charge in [-0.2, -0.15) is 0 Å². The molecule has 2 rings (SSSR count). The first kappa shape index (κ1) is 14.0. The summed E-state index contributed by atoms with van der Waals surface area (Å²) in [5.74, 6) is 0.518. The fraction of sp³-hybridized carbons (Fsp3) is 0.600. The van der Waals surface area contributed by atoms with E-state index in [9.17, 15) is 4.39 Å². The monoisotopic (exact) mass is 266 g/mol. The maximum absolute atomic E-state index is 13.7. The Morgan fingerprint density at radius 3 is 2.84 bits per heavy atom. The van der Waals surface area contributed by atoms with Crippen molar-refractivity contribution in [1.29, 1.82) is 0 Å². The van der Waals surface area contributed by atoms with E-state index in [-0.39, 0.29) is 5.75 Å². The maximum atomic E-state index is 13.7. The number of hydrogen-bond acceptors (Lipinski definition) is 3. The van der Waals surface area contributed by atoms with Crippen molar-refractivity contribution in [3.8, 4) is 5.75 Å². The molecule has 4 heteroatoms. The lowest BCUT2D eigenvalue weighted by Crippen LogP contribution is -2.22. The lowest BCUT2D eigenvalue weighted by Gasteiger charge is -2.20. The normalized spacial score (nSPS) is 22.5. The predicted molar refractivity (Wildman–Crippen MR) is 77.0 cm³/mol. The van der Waals surface area contributed by atoms with Gasteiger partial charge in [0, 0.05) is 18.2 Å². The van der Waals surface area contributed by atoms with Gasteiger partial charge in [-0.25, -0.2) is 4.39 Å². The lowest BCUT2D eigenvalue weighted by atomic mass is 10.1. The van der Waals surface area contributed by atoms with Crippen molar-refractivity contribution in [3.63, 3.8) is 0 Å². The van der Waals surface area contributed by atoms with Crippen LogP contribution in [0.4, 0.5) is 15.8 Å². The molecule has 3 N–H and O–H groups in total. The zero-order valence-corrected chi connectivity index (χ0v) is 11.7. The van der Waals surface area contributed by atoms with Gasteiger partial charge in [0.15, 0.2) is 11.6 Å². The minimum absolute atomic E-state index is 0.282. The van der Waals surface area contributed by atoms with Gasteiger partial charge in [-0.05, 0) is 25.2 Å². The van der Waals surface area contributed by atoms with E-state index in [0.29, 0.717) is 24.3 Å². The largest absolute Gasteiger partial charge is 0.490 e. The summed E-state index contributed by atoms with van der Waals surface area (Å²) in [4.78, 5) is 0. The highest BCUT2D eigenvalue weighted by Gasteiger charge is 2.24. The molecule has 0 bridgehead atoms. The van der Waals surface area contributed by atoms with Gasteiger partial charge in [0.1, 0.15) is 0 Å². The summed E-state index contributed by atoms with van der Waals surface area (Å²) < 4.78 is 19.1. The molecule has 1 saturated carbocycles. The van der Waals surface area contributed by atoms with Crippen LogP contribution in [0.15, 0.2) is 12.1 Å². The van der Waals surface area contributed by atoms with E-state index >= 15 is 0 Å². The van der Waals surface area contributed by atoms with Crippen molar-refractivity contribution in [2.75, 3.05) is 17.7 Å². The Hall–Kier alpha value is -1.45. The number of nitrogens with one attached hydrogen (secondary N) is 1. The van der Waals surface area contributed by atoms with Crippen LogP contribution in [0.1, 0.15) is 39.5 Å². The lowest BCUT2D eigenvalue weighted by molar-refractivity contribution is 0.301. The van der Waals surface area contributed by atoms with Crippen LogP contribution >= 0.6 is 0 Å². The fourth-order valence-corrected chi connectivity index (χ4v) is 2.58. The molecule has 2 unspecified atom stereocenters. The maximum Gasteiger partial charge on any atom is 0.167 e. The molecule has 1 aliphatic carbocycles. The second-order valence-corrected chi connectivity index (χ2v) is 5.38. The van der Waals surface area contributed by atoms with Gasteiger partial charge >= 0.3 is 0 Å². The zero-order valence-electron chi connectivity index (χ0n) is 11.7. The molecule has 0 spiro atoms. The van der Waals surface area contributed by atoms with E-state index < -0.39 is 5.82 Å². The third-order valence-electron chi connectivity index (χ3n) is 3.77. The van der Waals surface area contributed by atoms with Crippen LogP contribution in [-0.2, 0) is 0 Å². The molecule has 106 valence electrons. The molecule has 1 aromatic rings. The molecule has 3 nitrogen and oxygen atoms in total. The van der Waals surface area contributed by atoms with E-state index in [1.54, 1.807) is 6.07 Å². The Kier molecular flexibility index (Phi) is 4.51. The zero-order chi connectivity index (χ0) is 13.8. The van der Waals surface area contributed by atoms with E-state index in [4.69, 9.17) is 10.5 Å². The number of halogens is 1. The summed E-state index contributed by atoms with van der Waals surface area (Å²) >= 11 is 0. The van der Waals surface area contributed by atoms with Gasteiger partial charge in [-0.3, -0.25) is 0 Å². The highest BCUT2D eigenvalue weighted by Crippen LogP contribution is 2.33. The van der Waals surface area contributed by atoms with Gasteiger partial charge in [-0.15, -0.1) is 0 Å². The molecule has 0 saturated heterocycles. The van der Waals surface area contributed by atoms with E-state index in [1.807, 2.05) is 6.92 Å². The minimum Gasteiger partial charge on any atom is -0.490 e. The van der Waals surface area contributed by atoms with Gasteiger partial charge in [0.25, 0.3) is 0 Å². The van der Waals surface area contributed by atoms with Gasteiger partial charge in [0.2, 0.25) is 0 Å². The summed E-state index contributed by atoms with van der Waals surface area (Å²) in [6, 6.07) is 3.45. The number of rotatable bonds is 5. The first-order valence-corrected chi connectivity index (χ1v) is 7.10. The third-order valence-corrected chi connectivity index (χ3v) is 3.77. The smallest absolute Gasteiger partial charge is 0.167 e. The molecule has 0 aromatic heterocycles. The summed E-state index contributed by atoms with van der Waals surface area (Å²) in [5, 5.41) is 3.43. The predicted octanol–water partition coefficient (Wildman–Crippen LogP) is 3.80. The number of anilines is 2. The first-order chi connectivity index (χ1) is 9.11. The van der Waals surface area contributed by atoms with Crippen molar-refractivity contribution in [2.24, 2.45) is 5.92 Å². The van der Waals surface area contributed by atoms with Gasteiger partial charge < -0.3 is 15.8 Å². The molecule has 0 heterocycles. The van der Waals surface area contributed by atoms with Crippen LogP contribution in [0.25, 0.3) is 0 Å². The number of hydrogen-bond donors (Lipinski definition) is 2. The summed E-state index contributed by atoms with van der Waals surface area (Å²) in [5.41, 5.74) is 7.11. The molecular formula is C15H23FN2O. The molecule has 0 aliphatic heterocycles. The van der Waals surface area contributed by atoms with Crippen LogP contribution in [0.2, 0.25) is 0 Å². The second kappa shape index (κ2) is 6.13. The van der Waals surface area contributed by atoms with E-state index in [0.717, 1.165) is 18.5 Å². The van der Waals surface area contributed by atoms with Crippen LogP contribution in [0, 0.1) is 11.7 Å². The first-order valence-electron chi connectivity index (χ1n) is 7.10. The summed E-state index contributed by atoms with van der Waals surface area (Å²) in [6.07, 6.45) is 4.46. The second-order valence-electron chi connectivity index (χ2n) is 5.38. The van der Waals surface area contributed by atoms with Crippen molar-refractivity contribution >= 4 is 11.4 Å². The molecule has 1 aliphatic rings. The number of benzene rings is 1. The number of nitrogens with two attached hydrogens (primary N) is 1. The van der Waals surface area contributed by atoms with Crippen LogP contribution in [0.5, 0.6) is 5.75 Å². The van der Waals surface area contributed by atoms with Crippen LogP contribution in [-0.4, -0.2) is 12.6 Å². The summed E-state index contributed by atoms with van der Waals surface area (Å²) in [6.45, 7) is 4.74.